The molecule has 0 unspecified atom stereocenters. The largest absolute Gasteiger partial charge is 0.453 e. The van der Waals surface area contributed by atoms with Gasteiger partial charge in [-0.05, 0) is 29.8 Å². The van der Waals surface area contributed by atoms with E-state index in [1.165, 1.54) is 5.56 Å². The number of rotatable bonds is 6. The lowest BCUT2D eigenvalue weighted by molar-refractivity contribution is 0.613. The fraction of sp³-hybridized carbons (Fsp3) is 0.100. The summed E-state index contributed by atoms with van der Waals surface area (Å²) in [7, 11) is 0. The smallest absolute Gasteiger partial charge is 0.200 e. The normalized spacial score (nSPS) is 11.1. The fourth-order valence-corrected chi connectivity index (χ4v) is 3.72. The maximum atomic E-state index is 5.95. The SMILES string of the molecule is C=CCn1c(SCc2ccc(Cl)cc2)nnc1-c1cc2ccccc2o1. The van der Waals surface area contributed by atoms with E-state index in [9.17, 15) is 0 Å². The first kappa shape index (κ1) is 16.9. The summed E-state index contributed by atoms with van der Waals surface area (Å²) >= 11 is 7.57. The third kappa shape index (κ3) is 3.41. The number of hydrogen-bond donors (Lipinski definition) is 0. The predicted molar refractivity (Wildman–Crippen MR) is 106 cm³/mol. The summed E-state index contributed by atoms with van der Waals surface area (Å²) in [5.74, 6) is 2.20. The van der Waals surface area contributed by atoms with Crippen molar-refractivity contribution < 1.29 is 4.42 Å². The molecule has 0 atom stereocenters. The van der Waals surface area contributed by atoms with Crippen molar-refractivity contribution in [2.45, 2.75) is 17.5 Å². The molecule has 0 aliphatic carbocycles. The topological polar surface area (TPSA) is 43.9 Å². The summed E-state index contributed by atoms with van der Waals surface area (Å²) in [6, 6.07) is 17.7. The molecule has 4 nitrogen and oxygen atoms in total. The molecule has 0 bridgehead atoms. The van der Waals surface area contributed by atoms with Gasteiger partial charge >= 0.3 is 0 Å². The summed E-state index contributed by atoms with van der Waals surface area (Å²) in [6.45, 7) is 4.46. The third-order valence-corrected chi connectivity index (χ3v) is 5.25. The summed E-state index contributed by atoms with van der Waals surface area (Å²) in [5, 5.41) is 11.3. The van der Waals surface area contributed by atoms with Crippen LogP contribution >= 0.6 is 23.4 Å². The van der Waals surface area contributed by atoms with Crippen molar-refractivity contribution in [2.24, 2.45) is 0 Å². The van der Waals surface area contributed by atoms with Gasteiger partial charge in [-0.1, -0.05) is 59.8 Å². The first-order chi connectivity index (χ1) is 12.7. The molecule has 0 N–H and O–H groups in total. The number of furan rings is 1. The number of hydrogen-bond acceptors (Lipinski definition) is 4. The molecule has 2 aromatic heterocycles. The average Bonchev–Trinajstić information content (AvgIpc) is 3.25. The van der Waals surface area contributed by atoms with Crippen LogP contribution in [-0.4, -0.2) is 14.8 Å². The Balaban J connectivity index is 1.63. The third-order valence-electron chi connectivity index (χ3n) is 3.96. The molecule has 2 heterocycles. The van der Waals surface area contributed by atoms with Gasteiger partial charge in [-0.15, -0.1) is 16.8 Å². The van der Waals surface area contributed by atoms with Gasteiger partial charge in [0.05, 0.1) is 0 Å². The van der Waals surface area contributed by atoms with Crippen molar-refractivity contribution in [2.75, 3.05) is 0 Å². The molecular formula is C20H16ClN3OS. The van der Waals surface area contributed by atoms with Crippen LogP contribution in [0.15, 0.2) is 76.8 Å². The molecule has 130 valence electrons. The first-order valence-electron chi connectivity index (χ1n) is 8.15. The maximum Gasteiger partial charge on any atom is 0.200 e. The van der Waals surface area contributed by atoms with Crippen molar-refractivity contribution in [3.05, 3.63) is 77.8 Å². The monoisotopic (exact) mass is 381 g/mol. The number of aromatic nitrogens is 3. The lowest BCUT2D eigenvalue weighted by atomic mass is 10.2. The molecular weight excluding hydrogens is 366 g/mol. The minimum absolute atomic E-state index is 0.613. The minimum Gasteiger partial charge on any atom is -0.453 e. The quantitative estimate of drug-likeness (QED) is 0.311. The molecule has 4 rings (SSSR count). The van der Waals surface area contributed by atoms with Crippen molar-refractivity contribution >= 4 is 34.3 Å². The van der Waals surface area contributed by atoms with Gasteiger partial charge in [0.1, 0.15) is 5.58 Å². The number of fused-ring (bicyclic) bond motifs is 1. The standard InChI is InChI=1S/C20H16ClN3OS/c1-2-11-24-19(18-12-15-5-3-4-6-17(15)25-18)22-23-20(24)26-13-14-7-9-16(21)10-8-14/h2-10,12H,1,11,13H2. The van der Waals surface area contributed by atoms with E-state index in [0.29, 0.717) is 18.1 Å². The summed E-state index contributed by atoms with van der Waals surface area (Å²) < 4.78 is 7.97. The Morgan fingerprint density at radius 3 is 2.69 bits per heavy atom. The number of para-hydroxylation sites is 1. The Labute approximate surface area is 160 Å². The van der Waals surface area contributed by atoms with Crippen LogP contribution in [0.4, 0.5) is 0 Å². The van der Waals surface area contributed by atoms with Crippen molar-refractivity contribution in [1.29, 1.82) is 0 Å². The number of allylic oxidation sites excluding steroid dienone is 1. The second-order valence-electron chi connectivity index (χ2n) is 5.77. The first-order valence-corrected chi connectivity index (χ1v) is 9.51. The Morgan fingerprint density at radius 1 is 1.12 bits per heavy atom. The molecule has 0 aliphatic rings. The molecule has 4 aromatic rings. The lowest BCUT2D eigenvalue weighted by Gasteiger charge is -2.06. The molecule has 2 aromatic carbocycles. The van der Waals surface area contributed by atoms with Crippen molar-refractivity contribution in [3.8, 4) is 11.6 Å². The second kappa shape index (κ2) is 7.40. The highest BCUT2D eigenvalue weighted by Crippen LogP contribution is 2.30. The van der Waals surface area contributed by atoms with Crippen molar-refractivity contribution in [3.63, 3.8) is 0 Å². The van der Waals surface area contributed by atoms with E-state index in [2.05, 4.69) is 16.8 Å². The fourth-order valence-electron chi connectivity index (χ4n) is 2.69. The van der Waals surface area contributed by atoms with Crippen LogP contribution in [0.5, 0.6) is 0 Å². The van der Waals surface area contributed by atoms with Gasteiger partial charge in [0, 0.05) is 22.7 Å². The zero-order valence-electron chi connectivity index (χ0n) is 13.9. The van der Waals surface area contributed by atoms with Crippen LogP contribution in [-0.2, 0) is 12.3 Å². The van der Waals surface area contributed by atoms with E-state index in [0.717, 1.165) is 26.9 Å². The molecule has 0 fully saturated rings. The highest BCUT2D eigenvalue weighted by Gasteiger charge is 2.17. The van der Waals surface area contributed by atoms with Crippen LogP contribution in [0.1, 0.15) is 5.56 Å². The molecule has 6 heteroatoms. The van der Waals surface area contributed by atoms with Crippen LogP contribution < -0.4 is 0 Å². The van der Waals surface area contributed by atoms with E-state index in [1.54, 1.807) is 11.8 Å². The Bertz CT molecular complexity index is 1020. The molecule has 0 aliphatic heterocycles. The summed E-state index contributed by atoms with van der Waals surface area (Å²) in [6.07, 6.45) is 1.84. The van der Waals surface area contributed by atoms with Crippen molar-refractivity contribution in [1.82, 2.24) is 14.8 Å². The Kier molecular flexibility index (Phi) is 4.82. The number of thioether (sulfide) groups is 1. The van der Waals surface area contributed by atoms with Crippen LogP contribution in [0.3, 0.4) is 0 Å². The van der Waals surface area contributed by atoms with Gasteiger partial charge in [0.25, 0.3) is 0 Å². The van der Waals surface area contributed by atoms with Gasteiger partial charge in [0.2, 0.25) is 5.82 Å². The second-order valence-corrected chi connectivity index (χ2v) is 7.15. The van der Waals surface area contributed by atoms with Gasteiger partial charge < -0.3 is 4.42 Å². The molecule has 0 radical (unpaired) electrons. The number of benzene rings is 2. The zero-order chi connectivity index (χ0) is 17.9. The minimum atomic E-state index is 0.613. The predicted octanol–water partition coefficient (Wildman–Crippen LogP) is 5.82. The lowest BCUT2D eigenvalue weighted by Crippen LogP contribution is -2.00. The Hall–Kier alpha value is -2.50. The average molecular weight is 382 g/mol. The molecule has 0 spiro atoms. The van der Waals surface area contributed by atoms with Crippen LogP contribution in [0, 0.1) is 0 Å². The Morgan fingerprint density at radius 2 is 1.92 bits per heavy atom. The highest BCUT2D eigenvalue weighted by atomic mass is 35.5. The maximum absolute atomic E-state index is 5.95. The molecule has 0 saturated carbocycles. The van der Waals surface area contributed by atoms with Gasteiger partial charge in [0.15, 0.2) is 10.9 Å². The van der Waals surface area contributed by atoms with E-state index in [4.69, 9.17) is 16.0 Å². The highest BCUT2D eigenvalue weighted by molar-refractivity contribution is 7.98. The number of nitrogens with zero attached hydrogens (tertiary/aromatic N) is 3. The van der Waals surface area contributed by atoms with E-state index in [1.807, 2.05) is 65.2 Å². The zero-order valence-corrected chi connectivity index (χ0v) is 15.5. The van der Waals surface area contributed by atoms with Crippen LogP contribution in [0.2, 0.25) is 5.02 Å². The van der Waals surface area contributed by atoms with Gasteiger partial charge in [-0.2, -0.15) is 0 Å². The molecule has 26 heavy (non-hydrogen) atoms. The molecule has 0 amide bonds. The van der Waals surface area contributed by atoms with E-state index in [-0.39, 0.29) is 0 Å². The van der Waals surface area contributed by atoms with Crippen LogP contribution in [0.25, 0.3) is 22.6 Å². The summed E-state index contributed by atoms with van der Waals surface area (Å²) in [4.78, 5) is 0. The molecule has 0 saturated heterocycles. The van der Waals surface area contributed by atoms with Gasteiger partial charge in [-0.25, -0.2) is 0 Å². The van der Waals surface area contributed by atoms with Gasteiger partial charge in [-0.3, -0.25) is 4.57 Å². The van der Waals surface area contributed by atoms with E-state index < -0.39 is 0 Å². The number of halogens is 1. The summed E-state index contributed by atoms with van der Waals surface area (Å²) in [5.41, 5.74) is 2.02. The van der Waals surface area contributed by atoms with E-state index >= 15 is 0 Å².